The van der Waals surface area contributed by atoms with Gasteiger partial charge < -0.3 is 15.0 Å². The number of amides is 1. The summed E-state index contributed by atoms with van der Waals surface area (Å²) in [5, 5.41) is 33.3. The Balaban J connectivity index is 1.86. The van der Waals surface area contributed by atoms with Crippen LogP contribution < -0.4 is 5.32 Å². The fourth-order valence-electron chi connectivity index (χ4n) is 3.05. The van der Waals surface area contributed by atoms with Crippen molar-refractivity contribution >= 4 is 28.2 Å². The largest absolute Gasteiger partial charge is 0.417 e. The molecule has 8 nitrogen and oxygen atoms in total. The first-order valence-corrected chi connectivity index (χ1v) is 8.81. The van der Waals surface area contributed by atoms with Gasteiger partial charge in [-0.05, 0) is 37.3 Å². The molecule has 0 saturated heterocycles. The summed E-state index contributed by atoms with van der Waals surface area (Å²) in [6.45, 7) is 0.853. The molecule has 3 rings (SSSR count). The second kappa shape index (κ2) is 7.73. The Morgan fingerprint density at radius 2 is 1.97 bits per heavy atom. The lowest BCUT2D eigenvalue weighted by Crippen LogP contribution is -2.43. The van der Waals surface area contributed by atoms with Crippen LogP contribution in [0.1, 0.15) is 18.1 Å². The molecule has 1 atom stereocenters. The second-order valence-corrected chi connectivity index (χ2v) is 7.04. The minimum atomic E-state index is -4.80. The van der Waals surface area contributed by atoms with Gasteiger partial charge in [0.2, 0.25) is 0 Å². The number of nitriles is 1. The average Bonchev–Trinajstić information content (AvgIpc) is 3.08. The van der Waals surface area contributed by atoms with Gasteiger partial charge >= 0.3 is 6.18 Å². The fourth-order valence-corrected chi connectivity index (χ4v) is 3.05. The highest BCUT2D eigenvalue weighted by molar-refractivity contribution is 5.97. The van der Waals surface area contributed by atoms with Crippen LogP contribution in [0.3, 0.4) is 0 Å². The van der Waals surface area contributed by atoms with Gasteiger partial charge in [0.1, 0.15) is 0 Å². The van der Waals surface area contributed by atoms with Gasteiger partial charge in [0.05, 0.1) is 34.2 Å². The van der Waals surface area contributed by atoms with Crippen molar-refractivity contribution in [3.05, 3.63) is 69.9 Å². The molecule has 0 aliphatic carbocycles. The molecule has 1 aromatic heterocycles. The lowest BCUT2D eigenvalue weighted by Gasteiger charge is -2.24. The maximum atomic E-state index is 13.1. The lowest BCUT2D eigenvalue weighted by molar-refractivity contribution is -0.384. The summed E-state index contributed by atoms with van der Waals surface area (Å²) in [6.07, 6.45) is -3.27. The van der Waals surface area contributed by atoms with E-state index in [1.807, 2.05) is 0 Å². The molecule has 0 aliphatic heterocycles. The molecule has 0 bridgehead atoms. The van der Waals surface area contributed by atoms with Crippen LogP contribution >= 0.6 is 0 Å². The fraction of sp³-hybridized carbons (Fsp3) is 0.200. The van der Waals surface area contributed by atoms with E-state index in [4.69, 9.17) is 5.26 Å². The summed E-state index contributed by atoms with van der Waals surface area (Å²) < 4.78 is 40.8. The van der Waals surface area contributed by atoms with Crippen molar-refractivity contribution < 1.29 is 28.0 Å². The molecular formula is C20H15F3N4O4. The molecule has 0 fully saturated rings. The second-order valence-electron chi connectivity index (χ2n) is 7.04. The van der Waals surface area contributed by atoms with E-state index in [1.165, 1.54) is 42.0 Å². The number of nitrogens with zero attached hydrogens (tertiary/aromatic N) is 3. The number of rotatable bonds is 5. The number of fused-ring (bicyclic) bond motifs is 1. The van der Waals surface area contributed by atoms with E-state index in [0.717, 1.165) is 12.1 Å². The van der Waals surface area contributed by atoms with Crippen molar-refractivity contribution in [1.29, 1.82) is 5.26 Å². The third kappa shape index (κ3) is 4.49. The highest BCUT2D eigenvalue weighted by Gasteiger charge is 2.35. The summed E-state index contributed by atoms with van der Waals surface area (Å²) in [5.74, 6) is -0.988. The van der Waals surface area contributed by atoms with Crippen LogP contribution in [-0.4, -0.2) is 26.1 Å². The molecule has 2 aromatic carbocycles. The Kier molecular flexibility index (Phi) is 5.43. The van der Waals surface area contributed by atoms with Crippen LogP contribution in [0, 0.1) is 21.4 Å². The van der Waals surface area contributed by atoms with Crippen LogP contribution in [0.25, 0.3) is 10.9 Å². The van der Waals surface area contributed by atoms with E-state index < -0.39 is 33.7 Å². The number of aromatic nitrogens is 1. The predicted molar refractivity (Wildman–Crippen MR) is 104 cm³/mol. The standard InChI is InChI=1S/C20H15F3N4O4/c1-19(29,11-26-7-6-12-3-5-15(27(30)31)9-17(12)26)18(28)25-14-4-2-13(10-24)16(8-14)20(21,22)23/h2-9,29H,11H2,1H3,(H,25,28). The number of anilines is 1. The van der Waals surface area contributed by atoms with Gasteiger partial charge in [-0.3, -0.25) is 14.9 Å². The number of hydrogen-bond donors (Lipinski definition) is 2. The van der Waals surface area contributed by atoms with E-state index in [0.29, 0.717) is 17.0 Å². The maximum Gasteiger partial charge on any atom is 0.417 e. The molecule has 1 amide bonds. The lowest BCUT2D eigenvalue weighted by atomic mass is 10.0. The molecule has 160 valence electrons. The van der Waals surface area contributed by atoms with E-state index in [-0.39, 0.29) is 17.9 Å². The van der Waals surface area contributed by atoms with Crippen molar-refractivity contribution in [1.82, 2.24) is 4.57 Å². The number of alkyl halides is 3. The van der Waals surface area contributed by atoms with Crippen molar-refractivity contribution in [3.63, 3.8) is 0 Å². The van der Waals surface area contributed by atoms with Crippen LogP contribution in [0.15, 0.2) is 48.7 Å². The molecule has 31 heavy (non-hydrogen) atoms. The number of nitro groups is 1. The van der Waals surface area contributed by atoms with Gasteiger partial charge in [-0.2, -0.15) is 18.4 Å². The topological polar surface area (TPSA) is 121 Å². The van der Waals surface area contributed by atoms with E-state index in [1.54, 1.807) is 6.07 Å². The molecule has 2 N–H and O–H groups in total. The first kappa shape index (κ1) is 21.8. The van der Waals surface area contributed by atoms with Gasteiger partial charge in [-0.15, -0.1) is 0 Å². The Bertz CT molecular complexity index is 1230. The zero-order valence-electron chi connectivity index (χ0n) is 16.0. The number of benzene rings is 2. The van der Waals surface area contributed by atoms with Gasteiger partial charge in [0.15, 0.2) is 5.60 Å². The Labute approximate surface area is 173 Å². The number of nitrogens with one attached hydrogen (secondary N) is 1. The van der Waals surface area contributed by atoms with Crippen LogP contribution in [0.5, 0.6) is 0 Å². The van der Waals surface area contributed by atoms with Gasteiger partial charge in [0.25, 0.3) is 11.6 Å². The minimum Gasteiger partial charge on any atom is -0.378 e. The number of nitro benzene ring substituents is 1. The van der Waals surface area contributed by atoms with Gasteiger partial charge in [-0.1, -0.05) is 0 Å². The molecule has 0 saturated carbocycles. The highest BCUT2D eigenvalue weighted by Crippen LogP contribution is 2.34. The number of non-ortho nitro benzene ring substituents is 1. The SMILES string of the molecule is CC(O)(Cn1ccc2ccc([N+](=O)[O-])cc21)C(=O)Nc1ccc(C#N)c(C(F)(F)F)c1. The third-order valence-electron chi connectivity index (χ3n) is 4.64. The first-order chi connectivity index (χ1) is 14.4. The molecule has 1 unspecified atom stereocenters. The molecule has 3 aromatic rings. The molecule has 1 heterocycles. The Morgan fingerprint density at radius 1 is 1.26 bits per heavy atom. The molecular weight excluding hydrogens is 417 g/mol. The van der Waals surface area contributed by atoms with Crippen molar-refractivity contribution in [3.8, 4) is 6.07 Å². The minimum absolute atomic E-state index is 0.172. The molecule has 0 aliphatic rings. The zero-order chi connectivity index (χ0) is 23.0. The summed E-state index contributed by atoms with van der Waals surface area (Å²) in [6, 6.07) is 9.87. The monoisotopic (exact) mass is 432 g/mol. The summed E-state index contributed by atoms with van der Waals surface area (Å²) in [4.78, 5) is 23.0. The summed E-state index contributed by atoms with van der Waals surface area (Å²) in [5.41, 5.74) is -3.89. The number of hydrogen-bond acceptors (Lipinski definition) is 5. The van der Waals surface area contributed by atoms with Crippen LogP contribution in [0.2, 0.25) is 0 Å². The molecule has 11 heteroatoms. The smallest absolute Gasteiger partial charge is 0.378 e. The number of carbonyl (C=O) groups excluding carboxylic acids is 1. The number of aliphatic hydroxyl groups is 1. The average molecular weight is 432 g/mol. The van der Waals surface area contributed by atoms with E-state index in [9.17, 15) is 33.2 Å². The summed E-state index contributed by atoms with van der Waals surface area (Å²) in [7, 11) is 0. The Morgan fingerprint density at radius 3 is 2.58 bits per heavy atom. The van der Waals surface area contributed by atoms with E-state index >= 15 is 0 Å². The third-order valence-corrected chi connectivity index (χ3v) is 4.64. The van der Waals surface area contributed by atoms with Crippen LogP contribution in [-0.2, 0) is 17.5 Å². The number of halogens is 3. The van der Waals surface area contributed by atoms with Gasteiger partial charge in [0, 0.05) is 29.4 Å². The number of carbonyl (C=O) groups is 1. The normalized spacial score (nSPS) is 13.4. The summed E-state index contributed by atoms with van der Waals surface area (Å²) >= 11 is 0. The zero-order valence-corrected chi connectivity index (χ0v) is 16.0. The quantitative estimate of drug-likeness (QED) is 0.469. The maximum absolute atomic E-state index is 13.1. The first-order valence-electron chi connectivity index (χ1n) is 8.81. The predicted octanol–water partition coefficient (Wildman–Crippen LogP) is 3.83. The van der Waals surface area contributed by atoms with Crippen LogP contribution in [0.4, 0.5) is 24.5 Å². The molecule has 0 spiro atoms. The Hall–Kier alpha value is -3.91. The van der Waals surface area contributed by atoms with Crippen molar-refractivity contribution in [2.24, 2.45) is 0 Å². The van der Waals surface area contributed by atoms with Gasteiger partial charge in [-0.25, -0.2) is 0 Å². The van der Waals surface area contributed by atoms with Crippen molar-refractivity contribution in [2.75, 3.05) is 5.32 Å². The molecule has 0 radical (unpaired) electrons. The highest BCUT2D eigenvalue weighted by atomic mass is 19.4. The van der Waals surface area contributed by atoms with Crippen molar-refractivity contribution in [2.45, 2.75) is 25.2 Å². The van der Waals surface area contributed by atoms with E-state index in [2.05, 4.69) is 5.32 Å².